The van der Waals surface area contributed by atoms with E-state index in [9.17, 15) is 15.3 Å². The van der Waals surface area contributed by atoms with E-state index in [-0.39, 0.29) is 30.0 Å². The van der Waals surface area contributed by atoms with Crippen LogP contribution in [0.2, 0.25) is 0 Å². The largest absolute Gasteiger partial charge is 0.507 e. The van der Waals surface area contributed by atoms with E-state index in [4.69, 9.17) is 0 Å². The average molecular weight is 294 g/mol. The fourth-order valence-electron chi connectivity index (χ4n) is 2.56. The predicted molar refractivity (Wildman–Crippen MR) is 87.0 cm³/mol. The number of aliphatic hydroxyl groups excluding tert-OH is 2. The summed E-state index contributed by atoms with van der Waals surface area (Å²) in [6.45, 7) is 12.4. The Balaban J connectivity index is 3.54. The van der Waals surface area contributed by atoms with Crippen molar-refractivity contribution in [3.63, 3.8) is 0 Å². The Morgan fingerprint density at radius 3 is 1.62 bits per heavy atom. The first-order valence-electron chi connectivity index (χ1n) is 7.62. The molecule has 0 saturated carbocycles. The molecular weight excluding hydrogens is 264 g/mol. The molecule has 0 amide bonds. The quantitative estimate of drug-likeness (QED) is 0.797. The van der Waals surface area contributed by atoms with E-state index in [1.54, 1.807) is 0 Å². The Labute approximate surface area is 128 Å². The first-order valence-corrected chi connectivity index (χ1v) is 7.62. The molecule has 0 bridgehead atoms. The lowest BCUT2D eigenvalue weighted by Gasteiger charge is -2.29. The van der Waals surface area contributed by atoms with Crippen molar-refractivity contribution in [3.05, 3.63) is 28.8 Å². The molecule has 3 heteroatoms. The summed E-state index contributed by atoms with van der Waals surface area (Å²) in [6, 6.07) is 3.95. The highest BCUT2D eigenvalue weighted by molar-refractivity contribution is 5.50. The highest BCUT2D eigenvalue weighted by Crippen LogP contribution is 2.41. The molecule has 0 aliphatic heterocycles. The number of phenolic OH excluding ortho intramolecular Hbond substituents is 1. The lowest BCUT2D eigenvalue weighted by molar-refractivity contribution is 0.219. The van der Waals surface area contributed by atoms with Crippen LogP contribution >= 0.6 is 0 Å². The lowest BCUT2D eigenvalue weighted by atomic mass is 9.77. The maximum absolute atomic E-state index is 10.7. The third-order valence-corrected chi connectivity index (χ3v) is 3.92. The molecule has 0 saturated heterocycles. The standard InChI is InChI=1S/C18H30O3/c1-17(2,3)14-9-13(12(11-20)7-8-19)10-15(16(14)21)18(4,5)6/h9-10,12,19-21H,7-8,11H2,1-6H3. The van der Waals surface area contributed by atoms with Crippen LogP contribution < -0.4 is 0 Å². The molecule has 0 spiro atoms. The second-order valence-electron chi connectivity index (χ2n) is 7.86. The third kappa shape index (κ3) is 4.21. The van der Waals surface area contributed by atoms with E-state index in [2.05, 4.69) is 41.5 Å². The molecule has 1 atom stereocenters. The molecule has 1 rings (SSSR count). The summed E-state index contributed by atoms with van der Waals surface area (Å²) < 4.78 is 0. The summed E-state index contributed by atoms with van der Waals surface area (Å²) in [4.78, 5) is 0. The fraction of sp³-hybridized carbons (Fsp3) is 0.667. The molecule has 1 unspecified atom stereocenters. The zero-order valence-electron chi connectivity index (χ0n) is 14.2. The Morgan fingerprint density at radius 1 is 0.905 bits per heavy atom. The van der Waals surface area contributed by atoms with Gasteiger partial charge >= 0.3 is 0 Å². The van der Waals surface area contributed by atoms with Crippen LogP contribution in [0.5, 0.6) is 5.75 Å². The normalized spacial score (nSPS) is 14.3. The van der Waals surface area contributed by atoms with Gasteiger partial charge < -0.3 is 15.3 Å². The molecule has 3 nitrogen and oxygen atoms in total. The SMILES string of the molecule is CC(C)(C)c1cc(C(CO)CCO)cc(C(C)(C)C)c1O. The van der Waals surface area contributed by atoms with Gasteiger partial charge in [-0.3, -0.25) is 0 Å². The number of phenols is 1. The van der Waals surface area contributed by atoms with Crippen molar-refractivity contribution in [2.75, 3.05) is 13.2 Å². The van der Waals surface area contributed by atoms with E-state index < -0.39 is 0 Å². The molecule has 0 radical (unpaired) electrons. The van der Waals surface area contributed by atoms with Gasteiger partial charge in [0.25, 0.3) is 0 Å². The van der Waals surface area contributed by atoms with Crippen LogP contribution in [0.3, 0.4) is 0 Å². The van der Waals surface area contributed by atoms with Crippen LogP contribution in [0.4, 0.5) is 0 Å². The molecular formula is C18H30O3. The minimum absolute atomic E-state index is 0.00149. The third-order valence-electron chi connectivity index (χ3n) is 3.92. The van der Waals surface area contributed by atoms with Crippen molar-refractivity contribution in [2.45, 2.75) is 64.7 Å². The smallest absolute Gasteiger partial charge is 0.123 e. The van der Waals surface area contributed by atoms with Crippen LogP contribution in [0.1, 0.15) is 70.6 Å². The Kier molecular flexibility index (Phi) is 5.46. The summed E-state index contributed by atoms with van der Waals surface area (Å²) in [5.41, 5.74) is 2.40. The summed E-state index contributed by atoms with van der Waals surface area (Å²) in [7, 11) is 0. The topological polar surface area (TPSA) is 60.7 Å². The minimum atomic E-state index is -0.181. The van der Waals surface area contributed by atoms with Crippen LogP contribution in [0.15, 0.2) is 12.1 Å². The first kappa shape index (κ1) is 18.0. The van der Waals surface area contributed by atoms with Crippen molar-refractivity contribution in [1.82, 2.24) is 0 Å². The summed E-state index contributed by atoms with van der Waals surface area (Å²) in [5, 5.41) is 29.4. The molecule has 3 N–H and O–H groups in total. The van der Waals surface area contributed by atoms with Crippen molar-refractivity contribution < 1.29 is 15.3 Å². The summed E-state index contributed by atoms with van der Waals surface area (Å²) in [5.74, 6) is 0.247. The van der Waals surface area contributed by atoms with Crippen molar-refractivity contribution in [3.8, 4) is 5.75 Å². The zero-order valence-corrected chi connectivity index (χ0v) is 14.2. The second kappa shape index (κ2) is 6.37. The monoisotopic (exact) mass is 294 g/mol. The van der Waals surface area contributed by atoms with Crippen LogP contribution in [0.25, 0.3) is 0 Å². The summed E-state index contributed by atoms with van der Waals surface area (Å²) >= 11 is 0. The number of rotatable bonds is 4. The van der Waals surface area contributed by atoms with Gasteiger partial charge in [0, 0.05) is 12.5 Å². The number of hydrogen-bond acceptors (Lipinski definition) is 3. The highest BCUT2D eigenvalue weighted by Gasteiger charge is 2.27. The summed E-state index contributed by atoms with van der Waals surface area (Å²) in [6.07, 6.45) is 0.522. The van der Waals surface area contributed by atoms with Crippen molar-refractivity contribution >= 4 is 0 Å². The molecule has 0 fully saturated rings. The van der Waals surface area contributed by atoms with Gasteiger partial charge in [-0.25, -0.2) is 0 Å². The minimum Gasteiger partial charge on any atom is -0.507 e. The van der Waals surface area contributed by atoms with Gasteiger partial charge in [-0.2, -0.15) is 0 Å². The Hall–Kier alpha value is -1.06. The van der Waals surface area contributed by atoms with Crippen LogP contribution in [-0.4, -0.2) is 28.5 Å². The first-order chi connectivity index (χ1) is 9.52. The van der Waals surface area contributed by atoms with Gasteiger partial charge in [0.05, 0.1) is 6.61 Å². The Bertz CT molecular complexity index is 443. The van der Waals surface area contributed by atoms with Gasteiger partial charge in [0.15, 0.2) is 0 Å². The number of hydrogen-bond donors (Lipinski definition) is 3. The number of benzene rings is 1. The van der Waals surface area contributed by atoms with E-state index in [1.165, 1.54) is 0 Å². The van der Waals surface area contributed by atoms with Crippen molar-refractivity contribution in [2.24, 2.45) is 0 Å². The van der Waals surface area contributed by atoms with Gasteiger partial charge in [-0.15, -0.1) is 0 Å². The number of aliphatic hydroxyl groups is 2. The molecule has 0 aliphatic rings. The number of aromatic hydroxyl groups is 1. The van der Waals surface area contributed by atoms with E-state index >= 15 is 0 Å². The van der Waals surface area contributed by atoms with E-state index in [0.29, 0.717) is 12.2 Å². The van der Waals surface area contributed by atoms with Gasteiger partial charge in [-0.1, -0.05) is 53.7 Å². The molecule has 0 aliphatic carbocycles. The zero-order chi connectivity index (χ0) is 16.4. The van der Waals surface area contributed by atoms with Gasteiger partial charge in [-0.05, 0) is 33.9 Å². The van der Waals surface area contributed by atoms with Gasteiger partial charge in [0.1, 0.15) is 5.75 Å². The highest BCUT2D eigenvalue weighted by atomic mass is 16.3. The maximum Gasteiger partial charge on any atom is 0.123 e. The second-order valence-corrected chi connectivity index (χ2v) is 7.86. The molecule has 120 valence electrons. The molecule has 0 aromatic heterocycles. The van der Waals surface area contributed by atoms with Gasteiger partial charge in [0.2, 0.25) is 0 Å². The average Bonchev–Trinajstić information content (AvgIpc) is 2.33. The maximum atomic E-state index is 10.7. The van der Waals surface area contributed by atoms with Crippen LogP contribution in [-0.2, 0) is 10.8 Å². The van der Waals surface area contributed by atoms with E-state index in [0.717, 1.165) is 16.7 Å². The van der Waals surface area contributed by atoms with Crippen molar-refractivity contribution in [1.29, 1.82) is 0 Å². The molecule has 1 aromatic carbocycles. The molecule has 1 aromatic rings. The molecule has 21 heavy (non-hydrogen) atoms. The fourth-order valence-corrected chi connectivity index (χ4v) is 2.56. The predicted octanol–water partition coefficient (Wildman–Crippen LogP) is 3.45. The van der Waals surface area contributed by atoms with E-state index in [1.807, 2.05) is 12.1 Å². The Morgan fingerprint density at radius 2 is 1.33 bits per heavy atom. The molecule has 0 heterocycles. The van der Waals surface area contributed by atoms with Crippen LogP contribution in [0, 0.1) is 0 Å². The lowest BCUT2D eigenvalue weighted by Crippen LogP contribution is -2.19.